The summed E-state index contributed by atoms with van der Waals surface area (Å²) in [4.78, 5) is 31.5. The number of benzene rings is 3. The number of hydrogen-bond donors (Lipinski definition) is 2. The summed E-state index contributed by atoms with van der Waals surface area (Å²) in [7, 11) is 0. The largest absolute Gasteiger partial charge is 0.321 e. The molecule has 2 amide bonds. The van der Waals surface area contributed by atoms with Gasteiger partial charge in [-0.3, -0.25) is 14.9 Å². The van der Waals surface area contributed by atoms with Gasteiger partial charge < -0.3 is 5.32 Å². The summed E-state index contributed by atoms with van der Waals surface area (Å²) in [5.41, 5.74) is -0.0104. The lowest BCUT2D eigenvalue weighted by Crippen LogP contribution is -2.59. The topological polar surface area (TPSA) is 86.2 Å². The van der Waals surface area contributed by atoms with E-state index in [9.17, 15) is 14.0 Å². The van der Waals surface area contributed by atoms with Crippen LogP contribution >= 0.6 is 23.4 Å². The molecule has 0 saturated carbocycles. The molecule has 3 aromatic rings. The van der Waals surface area contributed by atoms with Crippen molar-refractivity contribution in [3.8, 4) is 0 Å². The molecule has 0 fully saturated rings. The van der Waals surface area contributed by atoms with Gasteiger partial charge in [-0.1, -0.05) is 59.8 Å². The molecule has 34 heavy (non-hydrogen) atoms. The number of carbonyl (C=O) groups is 2. The maximum Gasteiger partial charge on any atom is 0.279 e. The molecule has 168 valence electrons. The van der Waals surface area contributed by atoms with E-state index in [1.165, 1.54) is 35.0 Å². The van der Waals surface area contributed by atoms with Crippen molar-refractivity contribution in [2.45, 2.75) is 11.4 Å². The maximum atomic E-state index is 14.3. The number of nitrogens with one attached hydrogen (secondary N) is 2. The first-order valence-corrected chi connectivity index (χ1v) is 11.7. The van der Waals surface area contributed by atoms with E-state index in [0.717, 1.165) is 5.56 Å². The summed E-state index contributed by atoms with van der Waals surface area (Å²) in [5.74, 6) is -1.03. The number of nitrogens with zero attached hydrogens (tertiary/aromatic N) is 3. The van der Waals surface area contributed by atoms with Gasteiger partial charge in [0.25, 0.3) is 17.5 Å². The molecule has 0 aliphatic carbocycles. The Hall–Kier alpha value is -3.69. The second-order valence-electron chi connectivity index (χ2n) is 7.84. The zero-order valence-corrected chi connectivity index (χ0v) is 19.0. The molecule has 7 nitrogen and oxygen atoms in total. The molecule has 3 aliphatic heterocycles. The van der Waals surface area contributed by atoms with Crippen LogP contribution in [0.15, 0.2) is 76.8 Å². The lowest BCUT2D eigenvalue weighted by atomic mass is 9.97. The number of fused-ring (bicyclic) bond motifs is 5. The van der Waals surface area contributed by atoms with Crippen molar-refractivity contribution < 1.29 is 14.0 Å². The third kappa shape index (κ3) is 3.04. The van der Waals surface area contributed by atoms with E-state index < -0.39 is 23.3 Å². The average molecular weight is 492 g/mol. The molecule has 1 spiro atoms. The number of carbonyl (C=O) groups excluding carboxylic acids is 2. The van der Waals surface area contributed by atoms with Crippen LogP contribution in [0.1, 0.15) is 11.1 Å². The lowest BCUT2D eigenvalue weighted by Gasteiger charge is -2.39. The fourth-order valence-corrected chi connectivity index (χ4v) is 5.41. The Bertz CT molecular complexity index is 1560. The van der Waals surface area contributed by atoms with Gasteiger partial charge in [-0.2, -0.15) is 0 Å². The van der Waals surface area contributed by atoms with E-state index in [1.54, 1.807) is 30.3 Å². The minimum atomic E-state index is -1.75. The van der Waals surface area contributed by atoms with Crippen molar-refractivity contribution in [2.75, 3.05) is 5.32 Å². The number of halogens is 2. The van der Waals surface area contributed by atoms with Crippen LogP contribution < -0.4 is 21.2 Å². The van der Waals surface area contributed by atoms with Crippen LogP contribution in [0.5, 0.6) is 0 Å². The third-order valence-electron chi connectivity index (χ3n) is 5.83. The highest BCUT2D eigenvalue weighted by Gasteiger charge is 2.56. The summed E-state index contributed by atoms with van der Waals surface area (Å²) in [6, 6.07) is 18.4. The summed E-state index contributed by atoms with van der Waals surface area (Å²) in [6.07, 6.45) is 0. The van der Waals surface area contributed by atoms with Gasteiger partial charge in [0.2, 0.25) is 0 Å². The number of anilines is 1. The van der Waals surface area contributed by atoms with E-state index in [2.05, 4.69) is 15.7 Å². The second-order valence-corrected chi connectivity index (χ2v) is 9.22. The molecule has 6 rings (SSSR count). The molecule has 0 aromatic heterocycles. The predicted molar refractivity (Wildman–Crippen MR) is 128 cm³/mol. The number of para-hydroxylation sites is 1. The maximum absolute atomic E-state index is 14.3. The lowest BCUT2D eigenvalue weighted by molar-refractivity contribution is -0.127. The molecule has 0 radical (unpaired) electrons. The molecule has 2 N–H and O–H groups in total. The van der Waals surface area contributed by atoms with E-state index in [-0.39, 0.29) is 10.9 Å². The highest BCUT2D eigenvalue weighted by Crippen LogP contribution is 2.45. The predicted octanol–water partition coefficient (Wildman–Crippen LogP) is 2.66. The van der Waals surface area contributed by atoms with Crippen molar-refractivity contribution in [3.05, 3.63) is 99.3 Å². The van der Waals surface area contributed by atoms with Gasteiger partial charge in [0, 0.05) is 27.2 Å². The summed E-state index contributed by atoms with van der Waals surface area (Å²) < 4.78 is 14.3. The molecule has 10 heteroatoms. The first-order valence-electron chi connectivity index (χ1n) is 10.3. The fraction of sp³-hybridized carbons (Fsp3) is 0.0833. The quantitative estimate of drug-likeness (QED) is 0.577. The van der Waals surface area contributed by atoms with Gasteiger partial charge in [0.1, 0.15) is 11.5 Å². The van der Waals surface area contributed by atoms with Gasteiger partial charge in [-0.15, -0.1) is 5.10 Å². The molecular formula is C24H15ClFN5O2S. The third-order valence-corrected chi connectivity index (χ3v) is 7.11. The molecule has 0 saturated heterocycles. The van der Waals surface area contributed by atoms with Crippen LogP contribution in [0.2, 0.25) is 5.02 Å². The van der Waals surface area contributed by atoms with Crippen molar-refractivity contribution in [1.82, 2.24) is 10.3 Å². The Morgan fingerprint density at radius 1 is 1.03 bits per heavy atom. The highest BCUT2D eigenvalue weighted by atomic mass is 35.5. The molecule has 0 bridgehead atoms. The Morgan fingerprint density at radius 3 is 2.68 bits per heavy atom. The van der Waals surface area contributed by atoms with Crippen molar-refractivity contribution >= 4 is 51.7 Å². The van der Waals surface area contributed by atoms with E-state index in [4.69, 9.17) is 16.6 Å². The molecule has 3 aliphatic rings. The monoisotopic (exact) mass is 491 g/mol. The number of amides is 2. The normalized spacial score (nSPS) is 20.1. The average Bonchev–Trinajstić information content (AvgIpc) is 3.10. The van der Waals surface area contributed by atoms with Crippen LogP contribution in [0, 0.1) is 5.82 Å². The second kappa shape index (κ2) is 7.68. The Morgan fingerprint density at radius 2 is 1.82 bits per heavy atom. The van der Waals surface area contributed by atoms with Crippen LogP contribution in [-0.4, -0.2) is 22.0 Å². The van der Waals surface area contributed by atoms with Crippen LogP contribution in [-0.2, 0) is 21.0 Å². The first-order chi connectivity index (χ1) is 16.5. The SMILES string of the molecule is O=C1NC(SCc2ccccc2Cl)=NN2C1=c1ccccc1=NC21C(=O)Nc2ccc(F)cc21. The number of rotatable bonds is 2. The van der Waals surface area contributed by atoms with E-state index in [0.29, 0.717) is 32.6 Å². The Labute approximate surface area is 202 Å². The standard InChI is InChI=1S/C24H15ClFN5O2S/c25-17-7-3-1-5-13(17)12-34-23-28-21(32)20-15-6-2-4-8-18(15)29-24(31(20)30-23)16-11-14(26)9-10-19(16)27-22(24)33/h1-11H,12H2,(H,27,33)(H,28,30,32). The van der Waals surface area contributed by atoms with Crippen molar-refractivity contribution in [3.63, 3.8) is 0 Å². The van der Waals surface area contributed by atoms with Crippen LogP contribution in [0.3, 0.4) is 0 Å². The molecule has 3 aromatic carbocycles. The summed E-state index contributed by atoms with van der Waals surface area (Å²) >= 11 is 7.53. The number of hydrazone groups is 1. The zero-order valence-electron chi connectivity index (χ0n) is 17.4. The van der Waals surface area contributed by atoms with Gasteiger partial charge in [0.15, 0.2) is 5.17 Å². The van der Waals surface area contributed by atoms with Gasteiger partial charge >= 0.3 is 0 Å². The van der Waals surface area contributed by atoms with Crippen molar-refractivity contribution in [2.24, 2.45) is 10.1 Å². The number of hydrogen-bond acceptors (Lipinski definition) is 6. The van der Waals surface area contributed by atoms with Gasteiger partial charge in [-0.25, -0.2) is 14.4 Å². The van der Waals surface area contributed by atoms with E-state index >= 15 is 0 Å². The molecule has 1 atom stereocenters. The first kappa shape index (κ1) is 20.9. The smallest absolute Gasteiger partial charge is 0.279 e. The fourth-order valence-electron chi connectivity index (χ4n) is 4.28. The molecular weight excluding hydrogens is 477 g/mol. The van der Waals surface area contributed by atoms with Crippen molar-refractivity contribution in [1.29, 1.82) is 0 Å². The minimum Gasteiger partial charge on any atom is -0.321 e. The summed E-state index contributed by atoms with van der Waals surface area (Å²) in [6.45, 7) is 0. The van der Waals surface area contributed by atoms with Crippen LogP contribution in [0.25, 0.3) is 5.70 Å². The molecule has 1 unspecified atom stereocenters. The van der Waals surface area contributed by atoms with E-state index in [1.807, 2.05) is 18.2 Å². The Balaban J connectivity index is 1.53. The minimum absolute atomic E-state index is 0.167. The van der Waals surface area contributed by atoms with Gasteiger partial charge in [0.05, 0.1) is 5.36 Å². The molecule has 3 heterocycles. The van der Waals surface area contributed by atoms with Crippen LogP contribution in [0.4, 0.5) is 10.1 Å². The summed E-state index contributed by atoms with van der Waals surface area (Å²) in [5, 5.41) is 13.4. The number of thioether (sulfide) groups is 1. The highest BCUT2D eigenvalue weighted by molar-refractivity contribution is 8.13. The van der Waals surface area contributed by atoms with Gasteiger partial charge in [-0.05, 0) is 35.9 Å². The number of amidine groups is 1. The zero-order chi connectivity index (χ0) is 23.4. The Kier molecular flexibility index (Phi) is 4.72.